The van der Waals surface area contributed by atoms with Crippen molar-refractivity contribution in [1.82, 2.24) is 15.5 Å². The van der Waals surface area contributed by atoms with Gasteiger partial charge in [-0.05, 0) is 19.3 Å². The number of hydrogen-bond donors (Lipinski definition) is 1. The number of carbonyl (C=O) groups excluding carboxylic acids is 1. The summed E-state index contributed by atoms with van der Waals surface area (Å²) in [6, 6.07) is 0.107. The summed E-state index contributed by atoms with van der Waals surface area (Å²) in [5, 5.41) is 11.0. The van der Waals surface area contributed by atoms with Crippen molar-refractivity contribution in [3.8, 4) is 0 Å². The Morgan fingerprint density at radius 2 is 2.14 bits per heavy atom. The van der Waals surface area contributed by atoms with Gasteiger partial charge in [0.2, 0.25) is 11.8 Å². The van der Waals surface area contributed by atoms with E-state index in [4.69, 9.17) is 4.42 Å². The van der Waals surface area contributed by atoms with Gasteiger partial charge in [-0.2, -0.15) is 0 Å². The third-order valence-electron chi connectivity index (χ3n) is 3.72. The Balaban J connectivity index is 1.84. The maximum Gasteiger partial charge on any atom is 0.277 e. The van der Waals surface area contributed by atoms with E-state index in [0.29, 0.717) is 23.5 Å². The molecule has 1 amide bonds. The van der Waals surface area contributed by atoms with Crippen LogP contribution in [0.3, 0.4) is 0 Å². The van der Waals surface area contributed by atoms with Gasteiger partial charge in [0.25, 0.3) is 5.22 Å². The Morgan fingerprint density at radius 1 is 1.41 bits per heavy atom. The van der Waals surface area contributed by atoms with E-state index < -0.39 is 9.84 Å². The molecule has 1 aliphatic heterocycles. The fourth-order valence-electron chi connectivity index (χ4n) is 2.02. The van der Waals surface area contributed by atoms with E-state index in [-0.39, 0.29) is 35.1 Å². The van der Waals surface area contributed by atoms with Crippen LogP contribution in [0, 0.1) is 5.92 Å². The van der Waals surface area contributed by atoms with Gasteiger partial charge in [-0.15, -0.1) is 10.2 Å². The molecule has 22 heavy (non-hydrogen) atoms. The van der Waals surface area contributed by atoms with Crippen molar-refractivity contribution in [2.24, 2.45) is 5.92 Å². The molecule has 2 rings (SSSR count). The predicted molar refractivity (Wildman–Crippen MR) is 83.5 cm³/mol. The molecule has 0 saturated carbocycles. The zero-order chi connectivity index (χ0) is 16.3. The van der Waals surface area contributed by atoms with Crippen LogP contribution in [0.2, 0.25) is 0 Å². The molecule has 0 aromatic carbocycles. The van der Waals surface area contributed by atoms with Crippen LogP contribution in [0.5, 0.6) is 0 Å². The summed E-state index contributed by atoms with van der Waals surface area (Å²) in [6.45, 7) is 6.04. The van der Waals surface area contributed by atoms with Crippen LogP contribution < -0.4 is 5.32 Å². The first kappa shape index (κ1) is 17.3. The number of thioether (sulfide) groups is 1. The highest BCUT2D eigenvalue weighted by molar-refractivity contribution is 7.99. The van der Waals surface area contributed by atoms with Crippen LogP contribution >= 0.6 is 11.8 Å². The Kier molecular flexibility index (Phi) is 5.49. The van der Waals surface area contributed by atoms with E-state index in [9.17, 15) is 13.2 Å². The number of sulfone groups is 1. The lowest BCUT2D eigenvalue weighted by Crippen LogP contribution is -2.37. The Morgan fingerprint density at radius 3 is 2.73 bits per heavy atom. The second kappa shape index (κ2) is 6.99. The van der Waals surface area contributed by atoms with Crippen molar-refractivity contribution in [3.05, 3.63) is 5.89 Å². The molecule has 0 aliphatic carbocycles. The smallest absolute Gasteiger partial charge is 0.277 e. The SMILES string of the molecule is CC(C)[C@@H](C)NC(=O)CSc1nnc([C@H]2CCS(=O)(=O)C2)o1. The minimum Gasteiger partial charge on any atom is -0.416 e. The van der Waals surface area contributed by atoms with Crippen molar-refractivity contribution in [2.75, 3.05) is 17.3 Å². The maximum atomic E-state index is 11.8. The first-order valence-electron chi connectivity index (χ1n) is 7.23. The average Bonchev–Trinajstić information content (AvgIpc) is 3.02. The minimum atomic E-state index is -2.98. The van der Waals surface area contributed by atoms with E-state index in [1.54, 1.807) is 0 Å². The molecule has 0 radical (unpaired) electrons. The number of carbonyl (C=O) groups is 1. The number of amides is 1. The molecule has 2 heterocycles. The molecule has 0 bridgehead atoms. The summed E-state index contributed by atoms with van der Waals surface area (Å²) in [5.41, 5.74) is 0. The molecule has 124 valence electrons. The fourth-order valence-corrected chi connectivity index (χ4v) is 4.34. The van der Waals surface area contributed by atoms with Gasteiger partial charge in [0.1, 0.15) is 0 Å². The zero-order valence-electron chi connectivity index (χ0n) is 12.9. The molecule has 1 N–H and O–H groups in total. The molecule has 0 spiro atoms. The normalized spacial score (nSPS) is 21.9. The van der Waals surface area contributed by atoms with E-state index >= 15 is 0 Å². The van der Waals surface area contributed by atoms with Crippen LogP contribution in [0.25, 0.3) is 0 Å². The molecule has 1 fully saturated rings. The van der Waals surface area contributed by atoms with E-state index in [1.807, 2.05) is 20.8 Å². The van der Waals surface area contributed by atoms with E-state index in [0.717, 1.165) is 11.8 Å². The van der Waals surface area contributed by atoms with Crippen molar-refractivity contribution >= 4 is 27.5 Å². The number of rotatable bonds is 6. The van der Waals surface area contributed by atoms with Crippen LogP contribution in [-0.4, -0.2) is 47.8 Å². The molecule has 0 unspecified atom stereocenters. The number of nitrogens with zero attached hydrogens (tertiary/aromatic N) is 2. The van der Waals surface area contributed by atoms with Gasteiger partial charge < -0.3 is 9.73 Å². The molecular weight excluding hydrogens is 326 g/mol. The molecule has 1 saturated heterocycles. The van der Waals surface area contributed by atoms with Gasteiger partial charge >= 0.3 is 0 Å². The summed E-state index contributed by atoms with van der Waals surface area (Å²) in [5.74, 6) is 0.828. The molecule has 2 atom stereocenters. The minimum absolute atomic E-state index is 0.0612. The van der Waals surface area contributed by atoms with Gasteiger partial charge in [0, 0.05) is 6.04 Å². The fraction of sp³-hybridized carbons (Fsp3) is 0.769. The van der Waals surface area contributed by atoms with E-state index in [2.05, 4.69) is 15.5 Å². The average molecular weight is 347 g/mol. The Hall–Kier alpha value is -1.09. The Bertz CT molecular complexity index is 627. The van der Waals surface area contributed by atoms with Crippen molar-refractivity contribution in [2.45, 2.75) is 44.4 Å². The van der Waals surface area contributed by atoms with Crippen molar-refractivity contribution < 1.29 is 17.6 Å². The highest BCUT2D eigenvalue weighted by Gasteiger charge is 2.32. The molecule has 7 nitrogen and oxygen atoms in total. The lowest BCUT2D eigenvalue weighted by molar-refractivity contribution is -0.119. The third-order valence-corrected chi connectivity index (χ3v) is 6.31. The lowest BCUT2D eigenvalue weighted by Gasteiger charge is -2.16. The van der Waals surface area contributed by atoms with Crippen LogP contribution in [0.1, 0.15) is 39.0 Å². The third kappa shape index (κ3) is 4.70. The topological polar surface area (TPSA) is 102 Å². The quantitative estimate of drug-likeness (QED) is 0.772. The number of nitrogens with one attached hydrogen (secondary N) is 1. The summed E-state index contributed by atoms with van der Waals surface area (Å²) >= 11 is 1.16. The summed E-state index contributed by atoms with van der Waals surface area (Å²) in [4.78, 5) is 11.8. The largest absolute Gasteiger partial charge is 0.416 e. The monoisotopic (exact) mass is 347 g/mol. The van der Waals surface area contributed by atoms with Crippen LogP contribution in [0.15, 0.2) is 9.64 Å². The first-order valence-corrected chi connectivity index (χ1v) is 10.0. The van der Waals surface area contributed by atoms with Gasteiger partial charge in [-0.25, -0.2) is 8.42 Å². The summed E-state index contributed by atoms with van der Waals surface area (Å²) < 4.78 is 28.4. The van der Waals surface area contributed by atoms with Crippen LogP contribution in [-0.2, 0) is 14.6 Å². The maximum absolute atomic E-state index is 11.8. The second-order valence-electron chi connectivity index (χ2n) is 5.90. The van der Waals surface area contributed by atoms with Gasteiger partial charge in [-0.1, -0.05) is 25.6 Å². The lowest BCUT2D eigenvalue weighted by atomic mass is 10.1. The first-order chi connectivity index (χ1) is 10.3. The number of aromatic nitrogens is 2. The molecular formula is C13H21N3O4S2. The number of hydrogen-bond acceptors (Lipinski definition) is 7. The highest BCUT2D eigenvalue weighted by Crippen LogP contribution is 2.29. The standard InChI is InChI=1S/C13H21N3O4S2/c1-8(2)9(3)14-11(17)6-21-13-16-15-12(20-13)10-4-5-22(18,19)7-10/h8-10H,4-7H2,1-3H3,(H,14,17)/t9-,10+/m1/s1. The van der Waals surface area contributed by atoms with Crippen molar-refractivity contribution in [1.29, 1.82) is 0 Å². The Labute approximate surface area is 134 Å². The molecule has 1 aromatic rings. The van der Waals surface area contributed by atoms with Gasteiger partial charge in [0.05, 0.1) is 23.2 Å². The molecule has 1 aromatic heterocycles. The zero-order valence-corrected chi connectivity index (χ0v) is 14.5. The summed E-state index contributed by atoms with van der Waals surface area (Å²) in [7, 11) is -2.98. The predicted octanol–water partition coefficient (Wildman–Crippen LogP) is 1.22. The van der Waals surface area contributed by atoms with E-state index in [1.165, 1.54) is 0 Å². The second-order valence-corrected chi connectivity index (χ2v) is 9.05. The van der Waals surface area contributed by atoms with Crippen molar-refractivity contribution in [3.63, 3.8) is 0 Å². The highest BCUT2D eigenvalue weighted by atomic mass is 32.2. The van der Waals surface area contributed by atoms with Gasteiger partial charge in [0.15, 0.2) is 9.84 Å². The molecule has 9 heteroatoms. The van der Waals surface area contributed by atoms with Gasteiger partial charge in [-0.3, -0.25) is 4.79 Å². The van der Waals surface area contributed by atoms with Crippen LogP contribution in [0.4, 0.5) is 0 Å². The summed E-state index contributed by atoms with van der Waals surface area (Å²) in [6.07, 6.45) is 0.515. The molecule has 1 aliphatic rings.